The molecule has 27 heavy (non-hydrogen) atoms. The maximum Gasteiger partial charge on any atom is 0.346 e. The molecule has 1 aromatic carbocycles. The highest BCUT2D eigenvalue weighted by Crippen LogP contribution is 2.27. The molecule has 6 heteroatoms. The van der Waals surface area contributed by atoms with Crippen LogP contribution in [0.15, 0.2) is 35.1 Å². The number of aromatic nitrogens is 3. The van der Waals surface area contributed by atoms with E-state index in [0.717, 1.165) is 37.3 Å². The third kappa shape index (κ3) is 4.49. The molecule has 146 valence electrons. The Morgan fingerprint density at radius 3 is 2.44 bits per heavy atom. The summed E-state index contributed by atoms with van der Waals surface area (Å²) in [6.45, 7) is 8.74. The van der Waals surface area contributed by atoms with Crippen LogP contribution < -0.4 is 5.69 Å². The zero-order valence-corrected chi connectivity index (χ0v) is 16.6. The molecule has 0 N–H and O–H groups in total. The van der Waals surface area contributed by atoms with Crippen LogP contribution in [0.2, 0.25) is 0 Å². The topological polar surface area (TPSA) is 60.1 Å². The largest absolute Gasteiger partial charge is 0.346 e. The summed E-state index contributed by atoms with van der Waals surface area (Å²) in [5.41, 5.74) is 1.02. The van der Waals surface area contributed by atoms with E-state index in [2.05, 4.69) is 18.9 Å². The van der Waals surface area contributed by atoms with Crippen LogP contribution in [0.1, 0.15) is 57.3 Å². The Hall–Kier alpha value is -2.37. The molecule has 1 amide bonds. The lowest BCUT2D eigenvalue weighted by Crippen LogP contribution is -2.39. The lowest BCUT2D eigenvalue weighted by atomic mass is 9.95. The van der Waals surface area contributed by atoms with Gasteiger partial charge in [0, 0.05) is 32.0 Å². The van der Waals surface area contributed by atoms with Crippen molar-refractivity contribution in [1.29, 1.82) is 0 Å². The minimum Gasteiger partial charge on any atom is -0.343 e. The van der Waals surface area contributed by atoms with Crippen LogP contribution in [0.25, 0.3) is 0 Å². The van der Waals surface area contributed by atoms with E-state index in [4.69, 9.17) is 0 Å². The van der Waals surface area contributed by atoms with Crippen molar-refractivity contribution in [2.24, 2.45) is 5.92 Å². The molecule has 0 aliphatic carbocycles. The first-order valence-electron chi connectivity index (χ1n) is 9.98. The van der Waals surface area contributed by atoms with E-state index in [1.54, 1.807) is 9.25 Å². The number of likely N-dealkylation sites (tertiary alicyclic amines) is 1. The molecule has 1 aliphatic heterocycles. The van der Waals surface area contributed by atoms with Gasteiger partial charge in [0.05, 0.1) is 6.54 Å². The second-order valence-electron chi connectivity index (χ2n) is 7.78. The molecule has 2 heterocycles. The Labute approximate surface area is 160 Å². The van der Waals surface area contributed by atoms with E-state index in [0.29, 0.717) is 25.4 Å². The summed E-state index contributed by atoms with van der Waals surface area (Å²) in [6, 6.07) is 9.94. The average Bonchev–Trinajstić information content (AvgIpc) is 2.97. The zero-order valence-electron chi connectivity index (χ0n) is 16.6. The summed E-state index contributed by atoms with van der Waals surface area (Å²) >= 11 is 0. The molecule has 1 saturated heterocycles. The number of amides is 1. The number of hydrogen-bond donors (Lipinski definition) is 0. The standard InChI is InChI=1S/C21H30N4O2/c1-4-24-20(18-10-12-23(13-11-18)19(26)14-16(2)3)22-25(21(24)27)15-17-8-6-5-7-9-17/h5-9,16,18H,4,10-15H2,1-3H3. The fraction of sp³-hybridized carbons (Fsp3) is 0.571. The average molecular weight is 370 g/mol. The van der Waals surface area contributed by atoms with Crippen molar-refractivity contribution in [2.75, 3.05) is 13.1 Å². The van der Waals surface area contributed by atoms with Crippen LogP contribution in [-0.2, 0) is 17.9 Å². The van der Waals surface area contributed by atoms with Crippen LogP contribution in [0.3, 0.4) is 0 Å². The molecule has 6 nitrogen and oxygen atoms in total. The van der Waals surface area contributed by atoms with E-state index >= 15 is 0 Å². The normalized spacial score (nSPS) is 15.5. The molecule has 0 radical (unpaired) electrons. The Kier molecular flexibility index (Phi) is 6.14. The minimum atomic E-state index is -0.0466. The maximum atomic E-state index is 12.8. The van der Waals surface area contributed by atoms with Crippen molar-refractivity contribution in [3.63, 3.8) is 0 Å². The van der Waals surface area contributed by atoms with Crippen LogP contribution in [0.4, 0.5) is 0 Å². The van der Waals surface area contributed by atoms with Gasteiger partial charge in [0.15, 0.2) is 0 Å². The van der Waals surface area contributed by atoms with Crippen molar-refractivity contribution in [3.05, 3.63) is 52.2 Å². The Bertz CT molecular complexity index is 814. The van der Waals surface area contributed by atoms with Gasteiger partial charge in [0.2, 0.25) is 5.91 Å². The third-order valence-electron chi connectivity index (χ3n) is 5.24. The van der Waals surface area contributed by atoms with Gasteiger partial charge in [-0.25, -0.2) is 9.48 Å². The molecule has 1 aliphatic rings. The van der Waals surface area contributed by atoms with Crippen LogP contribution in [-0.4, -0.2) is 38.2 Å². The van der Waals surface area contributed by atoms with Crippen molar-refractivity contribution >= 4 is 5.91 Å². The first kappa shape index (κ1) is 19.4. The highest BCUT2D eigenvalue weighted by molar-refractivity contribution is 5.76. The highest BCUT2D eigenvalue weighted by Gasteiger charge is 2.28. The predicted molar refractivity (Wildman–Crippen MR) is 106 cm³/mol. The summed E-state index contributed by atoms with van der Waals surface area (Å²) in [5.74, 6) is 1.73. The first-order chi connectivity index (χ1) is 13.0. The second-order valence-corrected chi connectivity index (χ2v) is 7.78. The maximum absolute atomic E-state index is 12.8. The van der Waals surface area contributed by atoms with Gasteiger partial charge in [0.25, 0.3) is 0 Å². The molecule has 1 fully saturated rings. The van der Waals surface area contributed by atoms with Gasteiger partial charge in [-0.2, -0.15) is 5.10 Å². The van der Waals surface area contributed by atoms with Crippen molar-refractivity contribution in [1.82, 2.24) is 19.2 Å². The summed E-state index contributed by atoms with van der Waals surface area (Å²) in [5, 5.41) is 4.68. The molecule has 1 aromatic heterocycles. The van der Waals surface area contributed by atoms with Gasteiger partial charge < -0.3 is 4.90 Å². The number of carbonyl (C=O) groups is 1. The summed E-state index contributed by atoms with van der Waals surface area (Å²) in [4.78, 5) is 27.0. The number of benzene rings is 1. The number of nitrogens with zero attached hydrogens (tertiary/aromatic N) is 4. The number of hydrogen-bond acceptors (Lipinski definition) is 3. The van der Waals surface area contributed by atoms with Gasteiger partial charge >= 0.3 is 5.69 Å². The van der Waals surface area contributed by atoms with E-state index < -0.39 is 0 Å². The first-order valence-corrected chi connectivity index (χ1v) is 9.98. The molecule has 2 aromatic rings. The molecular formula is C21H30N4O2. The SMILES string of the molecule is CCn1c(C2CCN(C(=O)CC(C)C)CC2)nn(Cc2ccccc2)c1=O. The van der Waals surface area contributed by atoms with Gasteiger partial charge in [-0.15, -0.1) is 0 Å². The Balaban J connectivity index is 1.73. The Morgan fingerprint density at radius 2 is 1.85 bits per heavy atom. The fourth-order valence-corrected chi connectivity index (χ4v) is 3.78. The van der Waals surface area contributed by atoms with Crippen LogP contribution >= 0.6 is 0 Å². The number of piperidine rings is 1. The molecule has 0 bridgehead atoms. The lowest BCUT2D eigenvalue weighted by Gasteiger charge is -2.32. The van der Waals surface area contributed by atoms with Crippen LogP contribution in [0, 0.1) is 5.92 Å². The smallest absolute Gasteiger partial charge is 0.343 e. The quantitative estimate of drug-likeness (QED) is 0.786. The zero-order chi connectivity index (χ0) is 19.4. The van der Waals surface area contributed by atoms with Gasteiger partial charge in [-0.3, -0.25) is 9.36 Å². The summed E-state index contributed by atoms with van der Waals surface area (Å²) in [6.07, 6.45) is 2.34. The molecule has 3 rings (SSSR count). The summed E-state index contributed by atoms with van der Waals surface area (Å²) in [7, 11) is 0. The van der Waals surface area contributed by atoms with Gasteiger partial charge in [-0.1, -0.05) is 44.2 Å². The summed E-state index contributed by atoms with van der Waals surface area (Å²) < 4.78 is 3.36. The Morgan fingerprint density at radius 1 is 1.19 bits per heavy atom. The van der Waals surface area contributed by atoms with E-state index in [-0.39, 0.29) is 17.5 Å². The number of rotatable bonds is 6. The van der Waals surface area contributed by atoms with Crippen molar-refractivity contribution < 1.29 is 4.79 Å². The lowest BCUT2D eigenvalue weighted by molar-refractivity contribution is -0.133. The predicted octanol–water partition coefficient (Wildman–Crippen LogP) is 2.87. The van der Waals surface area contributed by atoms with Crippen molar-refractivity contribution in [3.8, 4) is 0 Å². The minimum absolute atomic E-state index is 0.0466. The molecule has 0 unspecified atom stereocenters. The van der Waals surface area contributed by atoms with E-state index in [1.807, 2.05) is 42.2 Å². The molecular weight excluding hydrogens is 340 g/mol. The molecule has 0 saturated carbocycles. The van der Waals surface area contributed by atoms with Gasteiger partial charge in [0.1, 0.15) is 5.82 Å². The van der Waals surface area contributed by atoms with Crippen LogP contribution in [0.5, 0.6) is 0 Å². The number of carbonyl (C=O) groups excluding carboxylic acids is 1. The second kappa shape index (κ2) is 8.55. The third-order valence-corrected chi connectivity index (χ3v) is 5.24. The monoisotopic (exact) mass is 370 g/mol. The van der Waals surface area contributed by atoms with Crippen molar-refractivity contribution in [2.45, 2.75) is 59.0 Å². The van der Waals surface area contributed by atoms with E-state index in [1.165, 1.54) is 0 Å². The fourth-order valence-electron chi connectivity index (χ4n) is 3.78. The van der Waals surface area contributed by atoms with E-state index in [9.17, 15) is 9.59 Å². The molecule has 0 spiro atoms. The van der Waals surface area contributed by atoms with Gasteiger partial charge in [-0.05, 0) is 31.2 Å². The molecule has 0 atom stereocenters. The highest BCUT2D eigenvalue weighted by atomic mass is 16.2.